The first kappa shape index (κ1) is 47.9. The van der Waals surface area contributed by atoms with Gasteiger partial charge >= 0.3 is 5.76 Å². The molecule has 3 aromatic carbocycles. The van der Waals surface area contributed by atoms with Gasteiger partial charge in [-0.15, -0.1) is 0 Å². The van der Waals surface area contributed by atoms with Gasteiger partial charge in [0.15, 0.2) is 5.58 Å². The normalized spacial score (nSPS) is 15.9. The van der Waals surface area contributed by atoms with Crippen LogP contribution < -0.4 is 47.3 Å². The number of fused-ring (bicyclic) bond motifs is 2. The van der Waals surface area contributed by atoms with Crippen LogP contribution in [0.25, 0.3) is 22.0 Å². The zero-order valence-corrected chi connectivity index (χ0v) is 41.5. The Kier molecular flexibility index (Phi) is 14.8. The van der Waals surface area contributed by atoms with Crippen LogP contribution in [0.1, 0.15) is 74.9 Å². The number of hydrogen-bond donors (Lipinski definition) is 5. The highest BCUT2D eigenvalue weighted by atomic mass is 79.9. The highest BCUT2D eigenvalue weighted by Gasteiger charge is 2.32. The second kappa shape index (κ2) is 20.7. The third kappa shape index (κ3) is 10.8. The Bertz CT molecular complexity index is 2920. The van der Waals surface area contributed by atoms with Crippen LogP contribution in [0.4, 0.5) is 28.8 Å². The molecule has 67 heavy (non-hydrogen) atoms. The lowest BCUT2D eigenvalue weighted by molar-refractivity contribution is -0.135. The number of halogens is 1. The highest BCUT2D eigenvalue weighted by molar-refractivity contribution is 9.10. The number of aryl methyl sites for hydroxylation is 3. The SMILES string of the molecule is CCOc1cc(N2CCC(NCCNCCc3cc(C)cc4c3oc(=O)n4C3CCC(=O)NC3=O)CC2)c(CC)cc1Nc1ncc(Br)c(Nc2ccc3nc(CC)ccc3c2P(C)(C)=O)n1. The Hall–Kier alpha value is -5.61. The molecule has 6 aromatic rings. The summed E-state index contributed by atoms with van der Waals surface area (Å²) in [7, 11) is -2.75. The minimum Gasteiger partial charge on any atom is -0.492 e. The molecular formula is C49H60BrN10O6P. The van der Waals surface area contributed by atoms with Gasteiger partial charge in [-0.3, -0.25) is 24.5 Å². The largest absolute Gasteiger partial charge is 0.492 e. The first-order valence-corrected chi connectivity index (χ1v) is 26.7. The number of carbonyl (C=O) groups is 2. The van der Waals surface area contributed by atoms with Gasteiger partial charge in [0.2, 0.25) is 17.8 Å². The van der Waals surface area contributed by atoms with Crippen LogP contribution in [0, 0.1) is 6.92 Å². The summed E-state index contributed by atoms with van der Waals surface area (Å²) < 4.78 is 27.7. The van der Waals surface area contributed by atoms with E-state index in [9.17, 15) is 18.9 Å². The zero-order valence-electron chi connectivity index (χ0n) is 39.1. The number of aromatic nitrogens is 4. The summed E-state index contributed by atoms with van der Waals surface area (Å²) >= 11 is 3.63. The maximum Gasteiger partial charge on any atom is 0.420 e. The number of hydrogen-bond acceptors (Lipinski definition) is 14. The Morgan fingerprint density at radius 3 is 2.45 bits per heavy atom. The summed E-state index contributed by atoms with van der Waals surface area (Å²) in [5, 5.41) is 18.1. The molecule has 1 unspecified atom stereocenters. The third-order valence-corrected chi connectivity index (χ3v) is 14.6. The van der Waals surface area contributed by atoms with Crippen molar-refractivity contribution in [2.75, 3.05) is 68.2 Å². The van der Waals surface area contributed by atoms with Crippen molar-refractivity contribution in [1.82, 2.24) is 35.5 Å². The minimum atomic E-state index is -2.75. The maximum atomic E-state index is 13.7. The molecular weight excluding hydrogens is 935 g/mol. The summed E-state index contributed by atoms with van der Waals surface area (Å²) in [6.45, 7) is 16.3. The number of nitrogens with zero attached hydrogens (tertiary/aromatic N) is 5. The lowest BCUT2D eigenvalue weighted by Crippen LogP contribution is -2.44. The van der Waals surface area contributed by atoms with E-state index in [1.165, 1.54) is 10.1 Å². The zero-order chi connectivity index (χ0) is 47.4. The van der Waals surface area contributed by atoms with Gasteiger partial charge < -0.3 is 39.9 Å². The fourth-order valence-corrected chi connectivity index (χ4v) is 11.0. The molecule has 3 aromatic heterocycles. The number of ether oxygens (including phenoxy) is 1. The average Bonchev–Trinajstić information content (AvgIpc) is 3.63. The van der Waals surface area contributed by atoms with Gasteiger partial charge in [-0.1, -0.05) is 26.0 Å². The van der Waals surface area contributed by atoms with Crippen LogP contribution >= 0.6 is 23.1 Å². The van der Waals surface area contributed by atoms with Gasteiger partial charge in [-0.25, -0.2) is 9.78 Å². The van der Waals surface area contributed by atoms with E-state index in [1.807, 2.05) is 50.2 Å². The van der Waals surface area contributed by atoms with Gasteiger partial charge in [-0.2, -0.15) is 4.98 Å². The first-order valence-electron chi connectivity index (χ1n) is 23.3. The molecule has 2 amide bonds. The fraction of sp³-hybridized carbons (Fsp3) is 0.429. The second-order valence-electron chi connectivity index (χ2n) is 17.6. The lowest BCUT2D eigenvalue weighted by Gasteiger charge is -2.35. The number of oxazole rings is 1. The number of anilines is 5. The Morgan fingerprint density at radius 1 is 0.910 bits per heavy atom. The number of imide groups is 1. The molecule has 2 fully saturated rings. The van der Waals surface area contributed by atoms with Crippen LogP contribution in [-0.4, -0.2) is 90.0 Å². The topological polar surface area (TPSA) is 198 Å². The Morgan fingerprint density at radius 2 is 1.72 bits per heavy atom. The van der Waals surface area contributed by atoms with E-state index in [0.29, 0.717) is 58.6 Å². The van der Waals surface area contributed by atoms with Gasteiger partial charge in [0, 0.05) is 73.0 Å². The van der Waals surface area contributed by atoms with E-state index in [-0.39, 0.29) is 18.7 Å². The molecule has 16 nitrogen and oxygen atoms in total. The van der Waals surface area contributed by atoms with E-state index in [2.05, 4.69) is 78.4 Å². The van der Waals surface area contributed by atoms with Gasteiger partial charge in [0.05, 0.1) is 33.5 Å². The molecule has 2 aliphatic rings. The molecule has 354 valence electrons. The molecule has 8 rings (SSSR count). The predicted molar refractivity (Wildman–Crippen MR) is 270 cm³/mol. The average molecular weight is 996 g/mol. The van der Waals surface area contributed by atoms with Gasteiger partial charge in [-0.05, 0) is 135 Å². The van der Waals surface area contributed by atoms with E-state index in [4.69, 9.17) is 19.1 Å². The fourth-order valence-electron chi connectivity index (χ4n) is 9.24. The number of rotatable bonds is 18. The number of pyridine rings is 1. The van der Waals surface area contributed by atoms with Crippen molar-refractivity contribution in [3.05, 3.63) is 92.1 Å². The summed E-state index contributed by atoms with van der Waals surface area (Å²) in [5.41, 5.74) is 8.57. The number of carbonyl (C=O) groups excluding carboxylic acids is 2. The van der Waals surface area contributed by atoms with Crippen LogP contribution in [0.2, 0.25) is 0 Å². The molecule has 18 heteroatoms. The third-order valence-electron chi connectivity index (χ3n) is 12.5. The Balaban J connectivity index is 0.869. The molecule has 2 saturated heterocycles. The standard InChI is InChI=1S/C49H60BrN10O6P/c1-7-30-26-38(56-48-53-28-35(50)46(58-48)55-37-13-12-36-34(45(37)67(5,6)64)11-10-32(8-2)54-36)42(65-9-3)27-40(30)59-22-17-33(18-23-59)52-21-20-51-19-16-31-24-29(4)25-41-44(31)66-49(63)60(41)39-14-15-43(61)57-47(39)62/h10-13,24-28,33,39,51-52H,7-9,14-23H2,1-6H3,(H,57,61,62)(H2,53,55,56,58). The monoisotopic (exact) mass is 994 g/mol. The number of piperidine rings is 2. The second-order valence-corrected chi connectivity index (χ2v) is 21.6. The van der Waals surface area contributed by atoms with Crippen molar-refractivity contribution in [2.24, 2.45) is 0 Å². The van der Waals surface area contributed by atoms with Crippen molar-refractivity contribution in [2.45, 2.75) is 84.7 Å². The molecule has 2 aliphatic heterocycles. The van der Waals surface area contributed by atoms with Crippen molar-refractivity contribution >= 4 is 91.0 Å². The molecule has 5 heterocycles. The van der Waals surface area contributed by atoms with Crippen molar-refractivity contribution in [3.8, 4) is 5.75 Å². The first-order chi connectivity index (χ1) is 32.2. The van der Waals surface area contributed by atoms with Crippen LogP contribution in [0.15, 0.2) is 68.4 Å². The van der Waals surface area contributed by atoms with Crippen molar-refractivity contribution in [3.63, 3.8) is 0 Å². The van der Waals surface area contributed by atoms with Gasteiger partial charge in [0.1, 0.15) is 24.8 Å². The summed E-state index contributed by atoms with van der Waals surface area (Å²) in [4.78, 5) is 54.0. The molecule has 0 spiro atoms. The predicted octanol–water partition coefficient (Wildman–Crippen LogP) is 7.63. The van der Waals surface area contributed by atoms with E-state index in [0.717, 1.165) is 102 Å². The van der Waals surface area contributed by atoms with E-state index < -0.39 is 24.8 Å². The minimum absolute atomic E-state index is 0.179. The van der Waals surface area contributed by atoms with Crippen LogP contribution in [0.3, 0.4) is 0 Å². The highest BCUT2D eigenvalue weighted by Crippen LogP contribution is 2.42. The maximum absolute atomic E-state index is 13.7. The summed E-state index contributed by atoms with van der Waals surface area (Å²) in [6, 6.07) is 15.7. The summed E-state index contributed by atoms with van der Waals surface area (Å²) in [6.07, 6.45) is 6.44. The van der Waals surface area contributed by atoms with E-state index in [1.54, 1.807) is 19.5 Å². The molecule has 5 N–H and O–H groups in total. The van der Waals surface area contributed by atoms with Gasteiger partial charge in [0.25, 0.3) is 0 Å². The van der Waals surface area contributed by atoms with Crippen LogP contribution in [-0.2, 0) is 33.4 Å². The van der Waals surface area contributed by atoms with E-state index >= 15 is 0 Å². The van der Waals surface area contributed by atoms with Crippen molar-refractivity contribution < 1.29 is 23.3 Å². The molecule has 0 bridgehead atoms. The molecule has 0 aliphatic carbocycles. The quantitative estimate of drug-likeness (QED) is 0.0320. The smallest absolute Gasteiger partial charge is 0.420 e. The number of nitrogens with one attached hydrogen (secondary N) is 5. The Labute approximate surface area is 398 Å². The van der Waals surface area contributed by atoms with Crippen LogP contribution in [0.5, 0.6) is 5.75 Å². The number of benzene rings is 3. The molecule has 0 saturated carbocycles. The molecule has 0 radical (unpaired) electrons. The number of amides is 2. The summed E-state index contributed by atoms with van der Waals surface area (Å²) in [5.74, 6) is 0.243. The lowest BCUT2D eigenvalue weighted by atomic mass is 10.0. The van der Waals surface area contributed by atoms with Crippen molar-refractivity contribution in [1.29, 1.82) is 0 Å². The molecule has 1 atom stereocenters.